The van der Waals surface area contributed by atoms with Crippen LogP contribution in [0.5, 0.6) is 0 Å². The SMILES string of the molecule is Cc1ccc2cc(CNC(CO)C(C)C)ccc2n1. The van der Waals surface area contributed by atoms with E-state index in [4.69, 9.17) is 0 Å². The summed E-state index contributed by atoms with van der Waals surface area (Å²) in [6.07, 6.45) is 0. The Kier molecular flexibility index (Phi) is 4.51. The number of aliphatic hydroxyl groups excluding tert-OH is 1. The number of pyridine rings is 1. The van der Waals surface area contributed by atoms with Crippen LogP contribution < -0.4 is 5.32 Å². The number of benzene rings is 1. The van der Waals surface area contributed by atoms with E-state index in [1.165, 1.54) is 5.56 Å². The molecule has 0 aliphatic rings. The molecule has 1 heterocycles. The molecule has 0 spiro atoms. The lowest BCUT2D eigenvalue weighted by atomic mass is 10.0. The Bertz CT molecular complexity index is 551. The molecular formula is C16H22N2O. The topological polar surface area (TPSA) is 45.1 Å². The fourth-order valence-electron chi connectivity index (χ4n) is 2.15. The lowest BCUT2D eigenvalue weighted by Gasteiger charge is -2.20. The summed E-state index contributed by atoms with van der Waals surface area (Å²) in [6, 6.07) is 10.6. The highest BCUT2D eigenvalue weighted by Crippen LogP contribution is 2.15. The predicted molar refractivity (Wildman–Crippen MR) is 79.0 cm³/mol. The third kappa shape index (κ3) is 3.52. The first-order chi connectivity index (χ1) is 9.10. The molecule has 1 aromatic carbocycles. The maximum Gasteiger partial charge on any atom is 0.0705 e. The second-order valence-corrected chi connectivity index (χ2v) is 5.39. The Morgan fingerprint density at radius 1 is 1.21 bits per heavy atom. The van der Waals surface area contributed by atoms with Gasteiger partial charge >= 0.3 is 0 Å². The maximum absolute atomic E-state index is 9.30. The highest BCUT2D eigenvalue weighted by Gasteiger charge is 2.10. The van der Waals surface area contributed by atoms with Crippen LogP contribution in [0.2, 0.25) is 0 Å². The molecular weight excluding hydrogens is 236 g/mol. The molecule has 1 aromatic heterocycles. The van der Waals surface area contributed by atoms with Crippen molar-refractivity contribution in [2.24, 2.45) is 5.92 Å². The normalized spacial score (nSPS) is 13.1. The second kappa shape index (κ2) is 6.13. The van der Waals surface area contributed by atoms with Gasteiger partial charge in [-0.3, -0.25) is 4.98 Å². The van der Waals surface area contributed by atoms with E-state index in [1.807, 2.05) is 13.0 Å². The molecule has 0 saturated carbocycles. The molecule has 3 heteroatoms. The van der Waals surface area contributed by atoms with Crippen molar-refractivity contribution in [1.29, 1.82) is 0 Å². The molecule has 102 valence electrons. The Morgan fingerprint density at radius 3 is 2.68 bits per heavy atom. The first-order valence-electron chi connectivity index (χ1n) is 6.80. The minimum Gasteiger partial charge on any atom is -0.395 e. The van der Waals surface area contributed by atoms with Crippen molar-refractivity contribution in [2.45, 2.75) is 33.4 Å². The van der Waals surface area contributed by atoms with Crippen molar-refractivity contribution in [3.8, 4) is 0 Å². The lowest BCUT2D eigenvalue weighted by molar-refractivity contribution is 0.210. The standard InChI is InChI=1S/C16H22N2O/c1-11(2)16(10-19)17-9-13-5-7-15-14(8-13)6-4-12(3)18-15/h4-8,11,16-17,19H,9-10H2,1-3H3. The van der Waals surface area contributed by atoms with E-state index in [0.29, 0.717) is 5.92 Å². The smallest absolute Gasteiger partial charge is 0.0705 e. The Balaban J connectivity index is 2.11. The number of aromatic nitrogens is 1. The molecule has 3 nitrogen and oxygen atoms in total. The summed E-state index contributed by atoms with van der Waals surface area (Å²) in [5.74, 6) is 0.426. The summed E-state index contributed by atoms with van der Waals surface area (Å²) in [4.78, 5) is 4.50. The van der Waals surface area contributed by atoms with Crippen LogP contribution in [0, 0.1) is 12.8 Å². The zero-order valence-corrected chi connectivity index (χ0v) is 11.9. The van der Waals surface area contributed by atoms with Gasteiger partial charge in [0.05, 0.1) is 12.1 Å². The molecule has 0 amide bonds. The number of fused-ring (bicyclic) bond motifs is 1. The molecule has 0 saturated heterocycles. The van der Waals surface area contributed by atoms with Gasteiger partial charge in [0.15, 0.2) is 0 Å². The zero-order valence-electron chi connectivity index (χ0n) is 11.9. The number of rotatable bonds is 5. The van der Waals surface area contributed by atoms with Crippen LogP contribution >= 0.6 is 0 Å². The molecule has 0 aliphatic heterocycles. The number of hydrogen-bond acceptors (Lipinski definition) is 3. The van der Waals surface area contributed by atoms with Crippen LogP contribution in [-0.4, -0.2) is 22.7 Å². The van der Waals surface area contributed by atoms with Crippen LogP contribution in [0.25, 0.3) is 10.9 Å². The van der Waals surface area contributed by atoms with Gasteiger partial charge in [-0.1, -0.05) is 26.0 Å². The van der Waals surface area contributed by atoms with Crippen LogP contribution in [-0.2, 0) is 6.54 Å². The van der Waals surface area contributed by atoms with Gasteiger partial charge in [0.2, 0.25) is 0 Å². The third-order valence-electron chi connectivity index (χ3n) is 3.46. The minimum atomic E-state index is 0.145. The third-order valence-corrected chi connectivity index (χ3v) is 3.46. The first kappa shape index (κ1) is 14.0. The molecule has 2 N–H and O–H groups in total. The zero-order chi connectivity index (χ0) is 13.8. The number of aryl methyl sites for hydroxylation is 1. The van der Waals surface area contributed by atoms with Gasteiger partial charge in [0.25, 0.3) is 0 Å². The maximum atomic E-state index is 9.30. The van der Waals surface area contributed by atoms with E-state index in [0.717, 1.165) is 23.1 Å². The van der Waals surface area contributed by atoms with Crippen molar-refractivity contribution < 1.29 is 5.11 Å². The van der Waals surface area contributed by atoms with Crippen LogP contribution in [0.1, 0.15) is 25.1 Å². The summed E-state index contributed by atoms with van der Waals surface area (Å²) in [5.41, 5.74) is 3.29. The summed E-state index contributed by atoms with van der Waals surface area (Å²) < 4.78 is 0. The summed E-state index contributed by atoms with van der Waals surface area (Å²) >= 11 is 0. The molecule has 0 fully saturated rings. The van der Waals surface area contributed by atoms with Crippen LogP contribution in [0.15, 0.2) is 30.3 Å². The Labute approximate surface area is 114 Å². The van der Waals surface area contributed by atoms with Crippen molar-refractivity contribution in [3.05, 3.63) is 41.6 Å². The number of nitrogens with zero attached hydrogens (tertiary/aromatic N) is 1. The number of nitrogens with one attached hydrogen (secondary N) is 1. The molecule has 0 aliphatic carbocycles. The average molecular weight is 258 g/mol. The van der Waals surface area contributed by atoms with Gasteiger partial charge in [-0.25, -0.2) is 0 Å². The number of aliphatic hydroxyl groups is 1. The fraction of sp³-hybridized carbons (Fsp3) is 0.438. The number of hydrogen-bond donors (Lipinski definition) is 2. The van der Waals surface area contributed by atoms with E-state index in [-0.39, 0.29) is 12.6 Å². The summed E-state index contributed by atoms with van der Waals surface area (Å²) in [5, 5.41) is 13.9. The second-order valence-electron chi connectivity index (χ2n) is 5.39. The van der Waals surface area contributed by atoms with Gasteiger partial charge in [0, 0.05) is 23.7 Å². The van der Waals surface area contributed by atoms with Crippen molar-refractivity contribution >= 4 is 10.9 Å². The van der Waals surface area contributed by atoms with Gasteiger partial charge in [-0.15, -0.1) is 0 Å². The molecule has 0 bridgehead atoms. The highest BCUT2D eigenvalue weighted by atomic mass is 16.3. The van der Waals surface area contributed by atoms with E-state index < -0.39 is 0 Å². The lowest BCUT2D eigenvalue weighted by Crippen LogP contribution is -2.36. The van der Waals surface area contributed by atoms with Crippen molar-refractivity contribution in [2.75, 3.05) is 6.61 Å². The largest absolute Gasteiger partial charge is 0.395 e. The van der Waals surface area contributed by atoms with E-state index >= 15 is 0 Å². The van der Waals surface area contributed by atoms with Gasteiger partial charge in [0.1, 0.15) is 0 Å². The van der Waals surface area contributed by atoms with Crippen molar-refractivity contribution in [1.82, 2.24) is 10.3 Å². The van der Waals surface area contributed by atoms with Gasteiger partial charge < -0.3 is 10.4 Å². The fourth-order valence-corrected chi connectivity index (χ4v) is 2.15. The molecule has 2 rings (SSSR count). The van der Waals surface area contributed by atoms with E-state index in [9.17, 15) is 5.11 Å². The van der Waals surface area contributed by atoms with Crippen LogP contribution in [0.3, 0.4) is 0 Å². The minimum absolute atomic E-state index is 0.145. The summed E-state index contributed by atoms with van der Waals surface area (Å²) in [6.45, 7) is 7.17. The Morgan fingerprint density at radius 2 is 2.00 bits per heavy atom. The molecule has 0 radical (unpaired) electrons. The quantitative estimate of drug-likeness (QED) is 0.866. The average Bonchev–Trinajstić information content (AvgIpc) is 2.39. The molecule has 2 aromatic rings. The molecule has 19 heavy (non-hydrogen) atoms. The summed E-state index contributed by atoms with van der Waals surface area (Å²) in [7, 11) is 0. The monoisotopic (exact) mass is 258 g/mol. The van der Waals surface area contributed by atoms with Gasteiger partial charge in [-0.05, 0) is 36.6 Å². The molecule has 1 unspecified atom stereocenters. The van der Waals surface area contributed by atoms with Crippen LogP contribution in [0.4, 0.5) is 0 Å². The predicted octanol–water partition coefficient (Wildman–Crippen LogP) is 2.65. The van der Waals surface area contributed by atoms with Crippen molar-refractivity contribution in [3.63, 3.8) is 0 Å². The van der Waals surface area contributed by atoms with E-state index in [2.05, 4.69) is 48.4 Å². The van der Waals surface area contributed by atoms with Gasteiger partial charge in [-0.2, -0.15) is 0 Å². The highest BCUT2D eigenvalue weighted by molar-refractivity contribution is 5.79. The first-order valence-corrected chi connectivity index (χ1v) is 6.80. The van der Waals surface area contributed by atoms with E-state index in [1.54, 1.807) is 0 Å². The molecule has 1 atom stereocenters. The Hall–Kier alpha value is -1.45.